The Hall–Kier alpha value is -3.77. The molecule has 3 heterocycles. The third-order valence-corrected chi connectivity index (χ3v) is 3.84. The maximum absolute atomic E-state index is 9.01. The number of aromatic nitrogens is 7. The van der Waals surface area contributed by atoms with Gasteiger partial charge in [-0.3, -0.25) is 4.68 Å². The summed E-state index contributed by atoms with van der Waals surface area (Å²) in [5.41, 5.74) is 1.92. The van der Waals surface area contributed by atoms with Crippen molar-refractivity contribution in [3.63, 3.8) is 0 Å². The van der Waals surface area contributed by atoms with Crippen LogP contribution in [0.15, 0.2) is 42.7 Å². The van der Waals surface area contributed by atoms with E-state index in [0.29, 0.717) is 28.7 Å². The van der Waals surface area contributed by atoms with E-state index in [1.54, 1.807) is 22.3 Å². The van der Waals surface area contributed by atoms with Crippen molar-refractivity contribution >= 4 is 5.65 Å². The van der Waals surface area contributed by atoms with Gasteiger partial charge in [0.1, 0.15) is 19.5 Å². The lowest BCUT2D eigenvalue weighted by atomic mass is 10.2. The van der Waals surface area contributed by atoms with Gasteiger partial charge in [0.25, 0.3) is 0 Å². The fourth-order valence-electron chi connectivity index (χ4n) is 2.50. The Balaban J connectivity index is 1.77. The molecule has 0 radical (unpaired) electrons. The van der Waals surface area contributed by atoms with Crippen molar-refractivity contribution in [2.24, 2.45) is 7.05 Å². The van der Waals surface area contributed by atoms with Gasteiger partial charge < -0.3 is 9.84 Å². The Morgan fingerprint density at radius 2 is 2.04 bits per heavy atom. The zero-order valence-electron chi connectivity index (χ0n) is 14.4. The Bertz CT molecular complexity index is 1140. The minimum Gasteiger partial charge on any atom is -0.468 e. The van der Waals surface area contributed by atoms with Crippen molar-refractivity contribution in [1.82, 2.24) is 34.6 Å². The van der Waals surface area contributed by atoms with Gasteiger partial charge in [0, 0.05) is 18.7 Å². The van der Waals surface area contributed by atoms with Crippen LogP contribution >= 0.6 is 0 Å². The highest BCUT2D eigenvalue weighted by Gasteiger charge is 2.14. The van der Waals surface area contributed by atoms with Crippen molar-refractivity contribution in [2.45, 2.75) is 6.61 Å². The zero-order chi connectivity index (χ0) is 18.6. The minimum absolute atomic E-state index is 0.172. The number of fused-ring (bicyclic) bond motifs is 1. The molecule has 4 aromatic rings. The summed E-state index contributed by atoms with van der Waals surface area (Å²) in [6.07, 6.45) is 1.45. The molecule has 0 spiro atoms. The molecule has 0 bridgehead atoms. The number of aryl methyl sites for hydroxylation is 1. The number of hydrogen-bond acceptors (Lipinski definition) is 7. The van der Waals surface area contributed by atoms with E-state index in [1.807, 2.05) is 30.3 Å². The first-order chi connectivity index (χ1) is 13.3. The van der Waals surface area contributed by atoms with Crippen LogP contribution in [0.3, 0.4) is 0 Å². The van der Waals surface area contributed by atoms with Gasteiger partial charge in [0.2, 0.25) is 5.88 Å². The molecule has 0 amide bonds. The average molecular weight is 361 g/mol. The fraction of sp³-hybridized carbons (Fsp3) is 0.167. The predicted octanol–water partition coefficient (Wildman–Crippen LogP) is 0.843. The highest BCUT2D eigenvalue weighted by Crippen LogP contribution is 2.22. The van der Waals surface area contributed by atoms with Crippen molar-refractivity contribution in [1.29, 1.82) is 0 Å². The largest absolute Gasteiger partial charge is 0.468 e. The van der Waals surface area contributed by atoms with Crippen molar-refractivity contribution in [2.75, 3.05) is 6.61 Å². The monoisotopic (exact) mass is 361 g/mol. The van der Waals surface area contributed by atoms with E-state index in [4.69, 9.17) is 9.84 Å². The molecule has 0 saturated carbocycles. The Kier molecular flexibility index (Phi) is 4.47. The lowest BCUT2D eigenvalue weighted by Gasteiger charge is -2.08. The molecule has 1 aromatic carbocycles. The van der Waals surface area contributed by atoms with Crippen LogP contribution < -0.4 is 4.74 Å². The van der Waals surface area contributed by atoms with Gasteiger partial charge in [0.05, 0.1) is 5.56 Å². The summed E-state index contributed by atoms with van der Waals surface area (Å²) in [7, 11) is 1.78. The quantitative estimate of drug-likeness (QED) is 0.537. The molecule has 134 valence electrons. The van der Waals surface area contributed by atoms with E-state index >= 15 is 0 Å². The van der Waals surface area contributed by atoms with E-state index in [2.05, 4.69) is 37.2 Å². The van der Waals surface area contributed by atoms with Gasteiger partial charge in [-0.25, -0.2) is 4.98 Å². The number of benzene rings is 1. The number of nitrogens with zero attached hydrogens (tertiary/aromatic N) is 7. The Morgan fingerprint density at radius 3 is 2.78 bits per heavy atom. The summed E-state index contributed by atoms with van der Waals surface area (Å²) in [5, 5.41) is 25.9. The van der Waals surface area contributed by atoms with E-state index in [1.165, 1.54) is 6.33 Å². The molecule has 0 aliphatic carbocycles. The fourth-order valence-corrected chi connectivity index (χ4v) is 2.50. The molecule has 0 atom stereocenters. The van der Waals surface area contributed by atoms with Crippen LogP contribution in [0.4, 0.5) is 0 Å². The molecule has 0 aliphatic rings. The summed E-state index contributed by atoms with van der Waals surface area (Å²) >= 11 is 0. The van der Waals surface area contributed by atoms with Gasteiger partial charge in [-0.15, -0.1) is 15.3 Å². The average Bonchev–Trinajstić information content (AvgIpc) is 3.30. The second-order valence-corrected chi connectivity index (χ2v) is 5.57. The summed E-state index contributed by atoms with van der Waals surface area (Å²) in [4.78, 5) is 4.13. The van der Waals surface area contributed by atoms with E-state index in [9.17, 15) is 0 Å². The number of ether oxygens (including phenoxy) is 1. The van der Waals surface area contributed by atoms with Gasteiger partial charge in [0.15, 0.2) is 17.3 Å². The normalized spacial score (nSPS) is 10.6. The molecule has 4 rings (SSSR count). The molecule has 0 unspecified atom stereocenters. The van der Waals surface area contributed by atoms with E-state index < -0.39 is 0 Å². The first-order valence-corrected chi connectivity index (χ1v) is 8.13. The molecule has 3 aromatic heterocycles. The van der Waals surface area contributed by atoms with Crippen LogP contribution in [0.2, 0.25) is 0 Å². The minimum atomic E-state index is -0.268. The Morgan fingerprint density at radius 1 is 1.19 bits per heavy atom. The predicted molar refractivity (Wildman–Crippen MR) is 95.5 cm³/mol. The van der Waals surface area contributed by atoms with Crippen molar-refractivity contribution < 1.29 is 9.84 Å². The van der Waals surface area contributed by atoms with E-state index in [0.717, 1.165) is 5.56 Å². The summed E-state index contributed by atoms with van der Waals surface area (Å²) < 4.78 is 9.05. The molecule has 9 heteroatoms. The summed E-state index contributed by atoms with van der Waals surface area (Å²) in [5.74, 6) is 6.98. The molecule has 0 fully saturated rings. The number of aliphatic hydroxyl groups is 1. The molecule has 9 nitrogen and oxygen atoms in total. The highest BCUT2D eigenvalue weighted by molar-refractivity contribution is 5.60. The van der Waals surface area contributed by atoms with Crippen LogP contribution in [0.25, 0.3) is 17.0 Å². The smallest absolute Gasteiger partial charge is 0.248 e. The number of aliphatic hydroxyl groups excluding tert-OH is 1. The zero-order valence-corrected chi connectivity index (χ0v) is 14.4. The van der Waals surface area contributed by atoms with Crippen LogP contribution in [-0.4, -0.2) is 46.3 Å². The number of rotatable bonds is 4. The van der Waals surface area contributed by atoms with Crippen LogP contribution in [0, 0.1) is 11.8 Å². The van der Waals surface area contributed by atoms with Crippen molar-refractivity contribution in [3.8, 4) is 29.1 Å². The molecular weight excluding hydrogens is 346 g/mol. The number of hydrogen-bond donors (Lipinski definition) is 1. The molecule has 27 heavy (non-hydrogen) atoms. The van der Waals surface area contributed by atoms with Crippen LogP contribution in [-0.2, 0) is 13.7 Å². The molecular formula is C18H15N7O2. The Labute approximate surface area is 154 Å². The third kappa shape index (κ3) is 3.33. The van der Waals surface area contributed by atoms with Crippen LogP contribution in [0.1, 0.15) is 11.4 Å². The van der Waals surface area contributed by atoms with Crippen LogP contribution in [0.5, 0.6) is 5.88 Å². The maximum Gasteiger partial charge on any atom is 0.248 e. The molecule has 0 aliphatic heterocycles. The standard InChI is InChI=1S/C18H15N7O2/c1-24-16(19-12-20-24)11-27-18-14(8-5-9-26)10-15-21-22-17(25(15)23-18)13-6-3-2-4-7-13/h2-4,6-7,10,12,26H,9,11H2,1H3. The molecule has 1 N–H and O–H groups in total. The SMILES string of the molecule is Cn1ncnc1COc1nn2c(-c3ccccc3)nnc2cc1C#CCO. The summed E-state index contributed by atoms with van der Waals surface area (Å²) in [6.45, 7) is -0.0958. The van der Waals surface area contributed by atoms with E-state index in [-0.39, 0.29) is 13.2 Å². The van der Waals surface area contributed by atoms with Crippen molar-refractivity contribution in [3.05, 3.63) is 54.1 Å². The highest BCUT2D eigenvalue weighted by atomic mass is 16.5. The maximum atomic E-state index is 9.01. The second-order valence-electron chi connectivity index (χ2n) is 5.57. The van der Waals surface area contributed by atoms with Gasteiger partial charge in [-0.2, -0.15) is 9.61 Å². The first-order valence-electron chi connectivity index (χ1n) is 8.13. The lowest BCUT2D eigenvalue weighted by Crippen LogP contribution is -2.08. The summed E-state index contributed by atoms with van der Waals surface area (Å²) in [6, 6.07) is 11.3. The lowest BCUT2D eigenvalue weighted by molar-refractivity contribution is 0.273. The third-order valence-electron chi connectivity index (χ3n) is 3.84. The molecule has 0 saturated heterocycles. The van der Waals surface area contributed by atoms with Gasteiger partial charge in [-0.1, -0.05) is 42.2 Å². The van der Waals surface area contributed by atoms with Gasteiger partial charge >= 0.3 is 0 Å². The topological polar surface area (TPSA) is 103 Å². The first kappa shape index (κ1) is 16.7. The second kappa shape index (κ2) is 7.23. The van der Waals surface area contributed by atoms with Gasteiger partial charge in [-0.05, 0) is 0 Å².